The molecule has 0 radical (unpaired) electrons. The van der Waals surface area contributed by atoms with Crippen LogP contribution in [0.5, 0.6) is 0 Å². The van der Waals surface area contributed by atoms with Crippen LogP contribution in [0.2, 0.25) is 0 Å². The van der Waals surface area contributed by atoms with Crippen LogP contribution in [0.15, 0.2) is 60.8 Å². The Morgan fingerprint density at radius 3 is 1.72 bits per heavy atom. The number of phosphoric ester groups is 1. The molecule has 0 aliphatic rings. The zero-order valence-electron chi connectivity index (χ0n) is 30.8. The van der Waals surface area contributed by atoms with Gasteiger partial charge in [0, 0.05) is 12.8 Å². The lowest BCUT2D eigenvalue weighted by atomic mass is 10.1. The van der Waals surface area contributed by atoms with Gasteiger partial charge >= 0.3 is 19.8 Å². The molecule has 0 fully saturated rings. The number of ether oxygens (including phenoxy) is 2. The average molecular weight is 727 g/mol. The molecule has 0 rings (SSSR count). The van der Waals surface area contributed by atoms with Gasteiger partial charge in [0.25, 0.3) is 0 Å². The Balaban J connectivity index is 4.44. The van der Waals surface area contributed by atoms with E-state index in [2.05, 4.69) is 42.7 Å². The minimum atomic E-state index is -4.62. The van der Waals surface area contributed by atoms with Gasteiger partial charge in [-0.1, -0.05) is 126 Å². The molecule has 3 atom stereocenters. The second kappa shape index (κ2) is 35.1. The topological polar surface area (TPSA) is 149 Å². The third-order valence-corrected chi connectivity index (χ3v) is 8.45. The standard InChI is InChI=1S/C39H67O10P/c1-3-5-7-9-11-13-15-17-18-19-21-22-24-26-28-30-38(42)46-34-37(35-48-50(44,45)47-33-36(41)32-40)49-39(43)31-29-27-25-23-20-16-14-12-10-8-6-4-2/h5,7,9,11-15,17-18,36-37,40-41H,3-4,6,8,10,16,19-35H2,1-2H3,(H,44,45)/b7-5+,11-9+,14-12+,15-13+,18-17+/t36-,37+/m0/s1. The zero-order valence-corrected chi connectivity index (χ0v) is 31.7. The number of rotatable bonds is 34. The van der Waals surface area contributed by atoms with Crippen LogP contribution < -0.4 is 0 Å². The Hall–Kier alpha value is -2.33. The lowest BCUT2D eigenvalue weighted by Crippen LogP contribution is -2.29. The summed E-state index contributed by atoms with van der Waals surface area (Å²) < 4.78 is 32.5. The first-order valence-electron chi connectivity index (χ1n) is 18.8. The lowest BCUT2D eigenvalue weighted by molar-refractivity contribution is -0.161. The molecule has 0 aliphatic carbocycles. The Bertz CT molecular complexity index is 1020. The molecule has 1 unspecified atom stereocenters. The molecular formula is C39H67O10P. The number of carbonyl (C=O) groups is 2. The number of carbonyl (C=O) groups excluding carboxylic acids is 2. The van der Waals surface area contributed by atoms with Crippen LogP contribution in [0.3, 0.4) is 0 Å². The van der Waals surface area contributed by atoms with Gasteiger partial charge < -0.3 is 24.6 Å². The molecule has 0 aromatic rings. The van der Waals surface area contributed by atoms with Crippen molar-refractivity contribution in [2.24, 2.45) is 0 Å². The summed E-state index contributed by atoms with van der Waals surface area (Å²) in [6, 6.07) is 0. The van der Waals surface area contributed by atoms with Crippen molar-refractivity contribution in [3.05, 3.63) is 60.8 Å². The van der Waals surface area contributed by atoms with E-state index in [1.54, 1.807) is 0 Å². The fourth-order valence-electron chi connectivity index (χ4n) is 4.58. The molecule has 0 amide bonds. The Kier molecular flexibility index (Phi) is 33.5. The van der Waals surface area contributed by atoms with E-state index in [9.17, 15) is 24.2 Å². The molecule has 50 heavy (non-hydrogen) atoms. The van der Waals surface area contributed by atoms with Gasteiger partial charge in [0.15, 0.2) is 6.10 Å². The van der Waals surface area contributed by atoms with Gasteiger partial charge in [-0.2, -0.15) is 0 Å². The number of aliphatic hydroxyl groups excluding tert-OH is 2. The van der Waals surface area contributed by atoms with Crippen LogP contribution in [-0.4, -0.2) is 65.7 Å². The van der Waals surface area contributed by atoms with E-state index >= 15 is 0 Å². The van der Waals surface area contributed by atoms with E-state index in [1.165, 1.54) is 19.3 Å². The molecule has 0 bridgehead atoms. The summed E-state index contributed by atoms with van der Waals surface area (Å²) >= 11 is 0. The molecule has 0 spiro atoms. The van der Waals surface area contributed by atoms with Crippen molar-refractivity contribution in [3.63, 3.8) is 0 Å². The van der Waals surface area contributed by atoms with Crippen molar-refractivity contribution in [1.29, 1.82) is 0 Å². The lowest BCUT2D eigenvalue weighted by Gasteiger charge is -2.20. The average Bonchev–Trinajstić information content (AvgIpc) is 3.10. The van der Waals surface area contributed by atoms with Gasteiger partial charge in [-0.05, 0) is 57.8 Å². The predicted octanol–water partition coefficient (Wildman–Crippen LogP) is 9.16. The summed E-state index contributed by atoms with van der Waals surface area (Å²) in [6.45, 7) is 2.14. The molecule has 3 N–H and O–H groups in total. The highest BCUT2D eigenvalue weighted by atomic mass is 31.2. The summed E-state index contributed by atoms with van der Waals surface area (Å²) in [5.74, 6) is -0.970. The van der Waals surface area contributed by atoms with Gasteiger partial charge in [0.1, 0.15) is 12.7 Å². The van der Waals surface area contributed by atoms with E-state index in [-0.39, 0.29) is 19.4 Å². The predicted molar refractivity (Wildman–Crippen MR) is 200 cm³/mol. The highest BCUT2D eigenvalue weighted by molar-refractivity contribution is 7.47. The molecule has 11 heteroatoms. The first-order valence-corrected chi connectivity index (χ1v) is 20.3. The van der Waals surface area contributed by atoms with Gasteiger partial charge in [0.2, 0.25) is 0 Å². The fraction of sp³-hybridized carbons (Fsp3) is 0.692. The molecule has 0 aromatic heterocycles. The second-order valence-electron chi connectivity index (χ2n) is 12.3. The Morgan fingerprint density at radius 2 is 1.12 bits per heavy atom. The molecular weight excluding hydrogens is 659 g/mol. The summed E-state index contributed by atoms with van der Waals surface area (Å²) in [6.07, 6.45) is 36.2. The van der Waals surface area contributed by atoms with Crippen molar-refractivity contribution < 1.29 is 47.8 Å². The van der Waals surface area contributed by atoms with Crippen molar-refractivity contribution in [3.8, 4) is 0 Å². The van der Waals surface area contributed by atoms with Crippen LogP contribution in [0, 0.1) is 0 Å². The molecule has 0 saturated carbocycles. The highest BCUT2D eigenvalue weighted by Gasteiger charge is 2.27. The van der Waals surface area contributed by atoms with Gasteiger partial charge in [-0.15, -0.1) is 0 Å². The maximum Gasteiger partial charge on any atom is 0.472 e. The number of esters is 2. The molecule has 288 valence electrons. The quantitative estimate of drug-likeness (QED) is 0.0193. The van der Waals surface area contributed by atoms with Gasteiger partial charge in [-0.3, -0.25) is 18.6 Å². The van der Waals surface area contributed by atoms with Crippen molar-refractivity contribution in [1.82, 2.24) is 0 Å². The van der Waals surface area contributed by atoms with Crippen molar-refractivity contribution in [2.45, 2.75) is 148 Å². The summed E-state index contributed by atoms with van der Waals surface area (Å²) in [5, 5.41) is 18.3. The van der Waals surface area contributed by atoms with E-state index in [1.807, 2.05) is 36.5 Å². The number of allylic oxidation sites excluding steroid dienone is 10. The Morgan fingerprint density at radius 1 is 0.620 bits per heavy atom. The smallest absolute Gasteiger partial charge is 0.462 e. The fourth-order valence-corrected chi connectivity index (χ4v) is 5.37. The monoisotopic (exact) mass is 726 g/mol. The van der Waals surface area contributed by atoms with E-state index < -0.39 is 51.8 Å². The Labute approximate surface area is 302 Å². The van der Waals surface area contributed by atoms with Crippen LogP contribution in [0.1, 0.15) is 136 Å². The second-order valence-corrected chi connectivity index (χ2v) is 13.8. The third-order valence-electron chi connectivity index (χ3n) is 7.50. The zero-order chi connectivity index (χ0) is 37.0. The maximum absolute atomic E-state index is 12.5. The van der Waals surface area contributed by atoms with E-state index in [0.29, 0.717) is 12.8 Å². The summed E-state index contributed by atoms with van der Waals surface area (Å²) in [5.41, 5.74) is 0. The highest BCUT2D eigenvalue weighted by Crippen LogP contribution is 2.43. The number of aliphatic hydroxyl groups is 2. The third kappa shape index (κ3) is 34.1. The number of unbranched alkanes of at least 4 members (excludes halogenated alkanes) is 13. The van der Waals surface area contributed by atoms with E-state index in [4.69, 9.17) is 19.1 Å². The SMILES string of the molecule is CC/C=C/C=C/C=C/C=C/CCCCCCCC(=O)OC[C@H](COP(=O)(O)OC[C@@H](O)CO)OC(=O)CCCCCCC/C=C/CCCCC. The normalized spacial score (nSPS) is 14.7. The minimum absolute atomic E-state index is 0.165. The molecule has 0 aliphatic heterocycles. The molecule has 10 nitrogen and oxygen atoms in total. The maximum atomic E-state index is 12.5. The first kappa shape index (κ1) is 47.7. The number of hydrogen-bond donors (Lipinski definition) is 3. The molecule has 0 aromatic carbocycles. The molecule has 0 saturated heterocycles. The summed E-state index contributed by atoms with van der Waals surface area (Å²) in [7, 11) is -4.62. The minimum Gasteiger partial charge on any atom is -0.462 e. The first-order chi connectivity index (χ1) is 24.2. The van der Waals surface area contributed by atoms with Crippen molar-refractivity contribution >= 4 is 19.8 Å². The van der Waals surface area contributed by atoms with Gasteiger partial charge in [0.05, 0.1) is 19.8 Å². The van der Waals surface area contributed by atoms with Crippen LogP contribution in [0.25, 0.3) is 0 Å². The molecule has 0 heterocycles. The summed E-state index contributed by atoms with van der Waals surface area (Å²) in [4.78, 5) is 34.8. The van der Waals surface area contributed by atoms with Crippen molar-refractivity contribution in [2.75, 3.05) is 26.4 Å². The van der Waals surface area contributed by atoms with Crippen LogP contribution in [-0.2, 0) is 32.7 Å². The largest absolute Gasteiger partial charge is 0.472 e. The van der Waals surface area contributed by atoms with Crippen LogP contribution in [0.4, 0.5) is 0 Å². The van der Waals surface area contributed by atoms with Gasteiger partial charge in [-0.25, -0.2) is 4.57 Å². The van der Waals surface area contributed by atoms with Crippen LogP contribution >= 0.6 is 7.82 Å². The number of hydrogen-bond acceptors (Lipinski definition) is 9. The number of phosphoric acid groups is 1. The van der Waals surface area contributed by atoms with E-state index in [0.717, 1.165) is 77.0 Å².